The number of hydrogen-bond acceptors (Lipinski definition) is 7. The van der Waals surface area contributed by atoms with Gasteiger partial charge in [0.1, 0.15) is 0 Å². The normalized spacial score (nSPS) is 21.6. The molecule has 2 fully saturated rings. The maximum atomic E-state index is 13.6. The number of esters is 1. The molecular formula is C37H68O8. The number of carbonyl (C=O) groups excluding carboxylic acids is 1. The van der Waals surface area contributed by atoms with E-state index in [4.69, 9.17) is 23.7 Å². The van der Waals surface area contributed by atoms with E-state index in [9.17, 15) is 14.7 Å². The van der Waals surface area contributed by atoms with Crippen molar-refractivity contribution >= 4 is 11.9 Å². The average molecular weight is 641 g/mol. The molecule has 0 spiro atoms. The molecule has 2 heterocycles. The van der Waals surface area contributed by atoms with Gasteiger partial charge in [-0.25, -0.2) is 0 Å². The Hall–Kier alpha value is -1.22. The molecule has 0 radical (unpaired) electrons. The summed E-state index contributed by atoms with van der Waals surface area (Å²) in [4.78, 5) is 26.5. The largest absolute Gasteiger partial charge is 0.480 e. The molecule has 0 aromatic carbocycles. The van der Waals surface area contributed by atoms with Crippen molar-refractivity contribution in [1.82, 2.24) is 0 Å². The zero-order valence-electron chi connectivity index (χ0n) is 29.8. The maximum Gasteiger partial charge on any atom is 0.323 e. The Bertz CT molecular complexity index is 763. The molecule has 3 atom stereocenters. The molecule has 2 aliphatic rings. The van der Waals surface area contributed by atoms with Crippen LogP contribution >= 0.6 is 0 Å². The Morgan fingerprint density at radius 1 is 0.711 bits per heavy atom. The molecule has 0 bridgehead atoms. The van der Waals surface area contributed by atoms with Crippen LogP contribution < -0.4 is 0 Å². The number of rotatable bonds is 24. The van der Waals surface area contributed by atoms with Crippen LogP contribution in [-0.4, -0.2) is 62.2 Å². The molecule has 1 N–H and O–H groups in total. The van der Waals surface area contributed by atoms with E-state index in [0.29, 0.717) is 45.3 Å². The molecule has 45 heavy (non-hydrogen) atoms. The summed E-state index contributed by atoms with van der Waals surface area (Å²) in [6.45, 7) is 15.5. The second kappa shape index (κ2) is 20.9. The summed E-state index contributed by atoms with van der Waals surface area (Å²) in [5, 5.41) is 10.6. The van der Waals surface area contributed by atoms with Crippen LogP contribution in [0.3, 0.4) is 0 Å². The Balaban J connectivity index is 2.02. The SMILES string of the molecule is CCC(C)OC(=O)C(CCCCC(CC)(CC)COC1CCCCO1)(CCCCC(CC)(CC)COC1CCCCO1)C(=O)O. The van der Waals surface area contributed by atoms with Crippen molar-refractivity contribution in [2.24, 2.45) is 16.2 Å². The highest BCUT2D eigenvalue weighted by Gasteiger charge is 2.47. The lowest BCUT2D eigenvalue weighted by Crippen LogP contribution is -2.42. The Labute approximate surface area is 275 Å². The van der Waals surface area contributed by atoms with Crippen molar-refractivity contribution in [3.8, 4) is 0 Å². The highest BCUT2D eigenvalue weighted by atomic mass is 16.7. The first-order chi connectivity index (χ1) is 21.6. The van der Waals surface area contributed by atoms with Crippen molar-refractivity contribution < 1.29 is 38.4 Å². The van der Waals surface area contributed by atoms with Crippen LogP contribution in [-0.2, 0) is 33.3 Å². The molecule has 2 aliphatic heterocycles. The minimum atomic E-state index is -1.52. The first-order valence-electron chi connectivity index (χ1n) is 18.5. The Kier molecular flexibility index (Phi) is 18.6. The number of carboxylic acid groups (broad SMARTS) is 1. The van der Waals surface area contributed by atoms with Crippen LogP contribution in [0.1, 0.15) is 164 Å². The fraction of sp³-hybridized carbons (Fsp3) is 0.946. The van der Waals surface area contributed by atoms with Gasteiger partial charge >= 0.3 is 11.9 Å². The van der Waals surface area contributed by atoms with Crippen LogP contribution in [0.4, 0.5) is 0 Å². The first kappa shape index (κ1) is 40.0. The quantitative estimate of drug-likeness (QED) is 0.0633. The highest BCUT2D eigenvalue weighted by molar-refractivity contribution is 5.99. The molecule has 2 saturated heterocycles. The van der Waals surface area contributed by atoms with E-state index in [1.807, 2.05) is 13.8 Å². The van der Waals surface area contributed by atoms with Crippen molar-refractivity contribution in [1.29, 1.82) is 0 Å². The first-order valence-corrected chi connectivity index (χ1v) is 18.5. The molecule has 8 nitrogen and oxygen atoms in total. The van der Waals surface area contributed by atoms with E-state index in [0.717, 1.165) is 103 Å². The number of carbonyl (C=O) groups is 2. The number of aliphatic carboxylic acids is 1. The standard InChI is InChI=1S/C37H68O8/c1-7-30(6)45-34(40)37(33(38)39,24-16-14-22-35(8-2,9-3)28-43-31-20-12-18-26-41-31)25-17-15-23-36(10-4,11-5)29-44-32-21-13-19-27-42-32/h30-32H,7-29H2,1-6H3,(H,38,39). The minimum absolute atomic E-state index is 0.0261. The van der Waals surface area contributed by atoms with Gasteiger partial charge in [-0.2, -0.15) is 0 Å². The molecule has 0 saturated carbocycles. The van der Waals surface area contributed by atoms with Crippen LogP contribution in [0.15, 0.2) is 0 Å². The van der Waals surface area contributed by atoms with Gasteiger partial charge in [0.25, 0.3) is 0 Å². The zero-order chi connectivity index (χ0) is 33.2. The van der Waals surface area contributed by atoms with E-state index in [1.165, 1.54) is 0 Å². The summed E-state index contributed by atoms with van der Waals surface area (Å²) in [7, 11) is 0. The molecule has 3 unspecified atom stereocenters. The van der Waals surface area contributed by atoms with Gasteiger partial charge in [-0.15, -0.1) is 0 Å². The summed E-state index contributed by atoms with van der Waals surface area (Å²) >= 11 is 0. The maximum absolute atomic E-state index is 13.6. The molecular weight excluding hydrogens is 572 g/mol. The van der Waals surface area contributed by atoms with Crippen molar-refractivity contribution in [3.63, 3.8) is 0 Å². The van der Waals surface area contributed by atoms with E-state index in [2.05, 4.69) is 27.7 Å². The Morgan fingerprint density at radius 2 is 1.13 bits per heavy atom. The van der Waals surface area contributed by atoms with Crippen LogP contribution in [0.5, 0.6) is 0 Å². The van der Waals surface area contributed by atoms with Gasteiger partial charge in [0.2, 0.25) is 0 Å². The zero-order valence-corrected chi connectivity index (χ0v) is 29.8. The van der Waals surface area contributed by atoms with Gasteiger partial charge in [-0.05, 0) is 114 Å². The monoisotopic (exact) mass is 640 g/mol. The molecule has 0 aromatic heterocycles. The molecule has 0 aliphatic carbocycles. The van der Waals surface area contributed by atoms with Crippen LogP contribution in [0, 0.1) is 16.2 Å². The van der Waals surface area contributed by atoms with Gasteiger partial charge in [-0.3, -0.25) is 9.59 Å². The fourth-order valence-electron chi connectivity index (χ4n) is 6.85. The number of unbranched alkanes of at least 4 members (excludes halogenated alkanes) is 2. The number of ether oxygens (including phenoxy) is 5. The van der Waals surface area contributed by atoms with Gasteiger partial charge < -0.3 is 28.8 Å². The summed E-state index contributed by atoms with van der Waals surface area (Å²) in [6.07, 6.45) is 15.9. The molecule has 0 amide bonds. The molecule has 264 valence electrons. The van der Waals surface area contributed by atoms with Gasteiger partial charge in [0, 0.05) is 13.2 Å². The van der Waals surface area contributed by atoms with Crippen molar-refractivity contribution in [2.45, 2.75) is 182 Å². The van der Waals surface area contributed by atoms with Gasteiger partial charge in [0.05, 0.1) is 19.3 Å². The van der Waals surface area contributed by atoms with Crippen molar-refractivity contribution in [2.75, 3.05) is 26.4 Å². The van der Waals surface area contributed by atoms with E-state index < -0.39 is 17.4 Å². The van der Waals surface area contributed by atoms with E-state index >= 15 is 0 Å². The third-order valence-corrected chi connectivity index (χ3v) is 11.2. The van der Waals surface area contributed by atoms with E-state index in [-0.39, 0.29) is 29.5 Å². The second-order valence-corrected chi connectivity index (χ2v) is 14.1. The molecule has 0 aromatic rings. The summed E-state index contributed by atoms with van der Waals surface area (Å²) in [5.41, 5.74) is -1.47. The highest BCUT2D eigenvalue weighted by Crippen LogP contribution is 2.40. The Morgan fingerprint density at radius 3 is 1.47 bits per heavy atom. The number of hydrogen-bond donors (Lipinski definition) is 1. The fourth-order valence-corrected chi connectivity index (χ4v) is 6.85. The average Bonchev–Trinajstić information content (AvgIpc) is 3.07. The third kappa shape index (κ3) is 12.7. The van der Waals surface area contributed by atoms with Gasteiger partial charge in [-0.1, -0.05) is 60.3 Å². The lowest BCUT2D eigenvalue weighted by molar-refractivity contribution is -0.181. The number of carboxylic acids is 1. The van der Waals surface area contributed by atoms with E-state index in [1.54, 1.807) is 0 Å². The topological polar surface area (TPSA) is 101 Å². The lowest BCUT2D eigenvalue weighted by atomic mass is 9.74. The molecule has 2 rings (SSSR count). The predicted molar refractivity (Wildman–Crippen MR) is 178 cm³/mol. The smallest absolute Gasteiger partial charge is 0.323 e. The summed E-state index contributed by atoms with van der Waals surface area (Å²) < 4.78 is 29.8. The van der Waals surface area contributed by atoms with Gasteiger partial charge in [0.15, 0.2) is 18.0 Å². The third-order valence-electron chi connectivity index (χ3n) is 11.2. The summed E-state index contributed by atoms with van der Waals surface area (Å²) in [6, 6.07) is 0. The second-order valence-electron chi connectivity index (χ2n) is 14.1. The van der Waals surface area contributed by atoms with Crippen LogP contribution in [0.2, 0.25) is 0 Å². The van der Waals surface area contributed by atoms with Crippen LogP contribution in [0.25, 0.3) is 0 Å². The molecule has 8 heteroatoms. The predicted octanol–water partition coefficient (Wildman–Crippen LogP) is 9.22. The minimum Gasteiger partial charge on any atom is -0.480 e. The summed E-state index contributed by atoms with van der Waals surface area (Å²) in [5.74, 6) is -1.63. The van der Waals surface area contributed by atoms with Crippen molar-refractivity contribution in [3.05, 3.63) is 0 Å². The lowest BCUT2D eigenvalue weighted by Gasteiger charge is -2.35.